The van der Waals surface area contributed by atoms with Gasteiger partial charge in [-0.25, -0.2) is 0 Å². The van der Waals surface area contributed by atoms with E-state index in [1.54, 1.807) is 14.2 Å². The number of aromatic nitrogens is 5. The molecule has 4 aromatic rings. The molecular formula is C22H21N5O2. The summed E-state index contributed by atoms with van der Waals surface area (Å²) in [6.07, 6.45) is 0. The number of methoxy groups -OCH3 is 2. The molecule has 29 heavy (non-hydrogen) atoms. The van der Waals surface area contributed by atoms with E-state index < -0.39 is 0 Å². The molecule has 7 heteroatoms. The first-order valence-electron chi connectivity index (χ1n) is 9.17. The monoisotopic (exact) mass is 387 g/mol. The number of pyridine rings is 1. The molecule has 146 valence electrons. The molecule has 2 heterocycles. The lowest BCUT2D eigenvalue weighted by molar-refractivity contribution is 0.389. The van der Waals surface area contributed by atoms with Crippen LogP contribution in [0.15, 0.2) is 48.5 Å². The van der Waals surface area contributed by atoms with E-state index in [1.165, 1.54) is 0 Å². The minimum absolute atomic E-state index is 0.563. The fourth-order valence-electron chi connectivity index (χ4n) is 3.60. The molecule has 0 amide bonds. The zero-order valence-electron chi connectivity index (χ0n) is 16.7. The summed E-state index contributed by atoms with van der Waals surface area (Å²) in [6.45, 7) is 3.87. The zero-order chi connectivity index (χ0) is 20.4. The lowest BCUT2D eigenvalue weighted by Crippen LogP contribution is -2.01. The van der Waals surface area contributed by atoms with E-state index in [-0.39, 0.29) is 0 Å². The Kier molecular flexibility index (Phi) is 4.95. The van der Waals surface area contributed by atoms with Crippen molar-refractivity contribution in [2.45, 2.75) is 13.8 Å². The van der Waals surface area contributed by atoms with E-state index in [1.807, 2.05) is 38.1 Å². The van der Waals surface area contributed by atoms with Crippen molar-refractivity contribution in [3.05, 3.63) is 59.9 Å². The lowest BCUT2D eigenvalue weighted by atomic mass is 9.95. The molecule has 2 aromatic carbocycles. The van der Waals surface area contributed by atoms with Crippen molar-refractivity contribution in [2.24, 2.45) is 0 Å². The average molecular weight is 387 g/mol. The number of rotatable bonds is 5. The highest BCUT2D eigenvalue weighted by Gasteiger charge is 2.19. The minimum atomic E-state index is 0.563. The molecule has 7 nitrogen and oxygen atoms in total. The van der Waals surface area contributed by atoms with Crippen molar-refractivity contribution in [1.82, 2.24) is 25.6 Å². The van der Waals surface area contributed by atoms with Crippen LogP contribution in [-0.4, -0.2) is 39.8 Å². The Hall–Kier alpha value is -3.74. The van der Waals surface area contributed by atoms with Crippen LogP contribution in [-0.2, 0) is 0 Å². The summed E-state index contributed by atoms with van der Waals surface area (Å²) in [6, 6.07) is 16.2. The van der Waals surface area contributed by atoms with Gasteiger partial charge in [-0.2, -0.15) is 5.21 Å². The first-order valence-corrected chi connectivity index (χ1v) is 9.17. The number of hydrogen-bond acceptors (Lipinski definition) is 6. The Morgan fingerprint density at radius 3 is 1.90 bits per heavy atom. The molecule has 0 unspecified atom stereocenters. The maximum atomic E-state index is 5.64. The summed E-state index contributed by atoms with van der Waals surface area (Å²) in [5.74, 6) is 1.99. The van der Waals surface area contributed by atoms with Gasteiger partial charge in [-0.05, 0) is 35.8 Å². The lowest BCUT2D eigenvalue weighted by Gasteiger charge is -2.17. The van der Waals surface area contributed by atoms with E-state index in [0.29, 0.717) is 17.3 Å². The van der Waals surface area contributed by atoms with Gasteiger partial charge in [-0.1, -0.05) is 48.5 Å². The molecule has 0 aliphatic carbocycles. The third kappa shape index (κ3) is 3.31. The van der Waals surface area contributed by atoms with Gasteiger partial charge in [0.1, 0.15) is 0 Å². The number of benzene rings is 2. The van der Waals surface area contributed by atoms with Crippen LogP contribution in [0, 0.1) is 13.8 Å². The fourth-order valence-corrected chi connectivity index (χ4v) is 3.60. The Morgan fingerprint density at radius 2 is 1.34 bits per heavy atom. The Labute approximate surface area is 168 Å². The van der Waals surface area contributed by atoms with Crippen LogP contribution < -0.4 is 9.47 Å². The Bertz CT molecular complexity index is 1110. The highest BCUT2D eigenvalue weighted by Crippen LogP contribution is 2.42. The molecule has 0 aliphatic heterocycles. The maximum Gasteiger partial charge on any atom is 0.205 e. The van der Waals surface area contributed by atoms with Gasteiger partial charge < -0.3 is 9.47 Å². The van der Waals surface area contributed by atoms with E-state index in [0.717, 1.165) is 39.2 Å². The molecular weight excluding hydrogens is 366 g/mol. The second kappa shape index (κ2) is 7.71. The van der Waals surface area contributed by atoms with Crippen LogP contribution >= 0.6 is 0 Å². The fraction of sp³-hybridized carbons (Fsp3) is 0.182. The van der Waals surface area contributed by atoms with Gasteiger partial charge in [0.2, 0.25) is 5.82 Å². The quantitative estimate of drug-likeness (QED) is 0.551. The first kappa shape index (κ1) is 18.6. The van der Waals surface area contributed by atoms with Gasteiger partial charge in [-0.15, -0.1) is 10.2 Å². The predicted molar refractivity (Wildman–Crippen MR) is 111 cm³/mol. The number of aryl methyl sites for hydroxylation is 2. The topological polar surface area (TPSA) is 85.8 Å². The molecule has 1 N–H and O–H groups in total. The summed E-state index contributed by atoms with van der Waals surface area (Å²) in [5.41, 5.74) is 6.54. The highest BCUT2D eigenvalue weighted by atomic mass is 16.5. The second-order valence-corrected chi connectivity index (χ2v) is 6.58. The maximum absolute atomic E-state index is 5.64. The summed E-state index contributed by atoms with van der Waals surface area (Å²) >= 11 is 0. The van der Waals surface area contributed by atoms with E-state index in [2.05, 4.69) is 49.9 Å². The first-order chi connectivity index (χ1) is 14.1. The summed E-state index contributed by atoms with van der Waals surface area (Å²) in [4.78, 5) is 4.53. The molecule has 0 saturated carbocycles. The molecule has 0 aliphatic rings. The Balaban J connectivity index is 1.82. The number of nitrogens with one attached hydrogen (secondary N) is 1. The van der Waals surface area contributed by atoms with Crippen molar-refractivity contribution in [3.8, 4) is 45.1 Å². The summed E-state index contributed by atoms with van der Waals surface area (Å²) in [7, 11) is 3.30. The van der Waals surface area contributed by atoms with Crippen LogP contribution in [0.2, 0.25) is 0 Å². The van der Waals surface area contributed by atoms with Crippen molar-refractivity contribution in [3.63, 3.8) is 0 Å². The molecule has 2 aromatic heterocycles. The third-order valence-corrected chi connectivity index (χ3v) is 4.85. The molecule has 0 atom stereocenters. The van der Waals surface area contributed by atoms with Crippen LogP contribution in [0.1, 0.15) is 11.4 Å². The van der Waals surface area contributed by atoms with Gasteiger partial charge in [0.25, 0.3) is 0 Å². The van der Waals surface area contributed by atoms with E-state index in [4.69, 9.17) is 9.47 Å². The van der Waals surface area contributed by atoms with Crippen LogP contribution in [0.5, 0.6) is 11.5 Å². The van der Waals surface area contributed by atoms with Gasteiger partial charge in [-0.3, -0.25) is 4.98 Å². The normalized spacial score (nSPS) is 10.8. The number of ether oxygens (including phenoxy) is 2. The predicted octanol–water partition coefficient (Wildman–Crippen LogP) is 4.23. The SMILES string of the molecule is COc1c(C)nc(C)c(OC)c1-c1ccc(-c2ccccc2-c2nn[nH]n2)cc1. The second-order valence-electron chi connectivity index (χ2n) is 6.58. The number of aromatic amines is 1. The van der Waals surface area contributed by atoms with Crippen molar-refractivity contribution >= 4 is 0 Å². The summed E-state index contributed by atoms with van der Waals surface area (Å²) < 4.78 is 11.3. The molecule has 0 bridgehead atoms. The highest BCUT2D eigenvalue weighted by molar-refractivity contribution is 5.84. The number of nitrogens with zero attached hydrogens (tertiary/aromatic N) is 4. The minimum Gasteiger partial charge on any atom is -0.494 e. The van der Waals surface area contributed by atoms with Crippen LogP contribution in [0.4, 0.5) is 0 Å². The number of H-pyrrole nitrogens is 1. The van der Waals surface area contributed by atoms with Crippen molar-refractivity contribution in [1.29, 1.82) is 0 Å². The Morgan fingerprint density at radius 1 is 0.759 bits per heavy atom. The van der Waals surface area contributed by atoms with Crippen LogP contribution in [0.25, 0.3) is 33.6 Å². The molecule has 4 rings (SSSR count). The zero-order valence-corrected chi connectivity index (χ0v) is 16.7. The van der Waals surface area contributed by atoms with Crippen LogP contribution in [0.3, 0.4) is 0 Å². The van der Waals surface area contributed by atoms with Gasteiger partial charge in [0.05, 0.1) is 31.2 Å². The van der Waals surface area contributed by atoms with Gasteiger partial charge in [0.15, 0.2) is 11.5 Å². The third-order valence-electron chi connectivity index (χ3n) is 4.85. The summed E-state index contributed by atoms with van der Waals surface area (Å²) in [5, 5.41) is 14.4. The number of tetrazole rings is 1. The molecule has 0 fully saturated rings. The van der Waals surface area contributed by atoms with Crippen molar-refractivity contribution in [2.75, 3.05) is 14.2 Å². The van der Waals surface area contributed by atoms with Gasteiger partial charge >= 0.3 is 0 Å². The van der Waals surface area contributed by atoms with E-state index in [9.17, 15) is 0 Å². The molecule has 0 spiro atoms. The van der Waals surface area contributed by atoms with E-state index >= 15 is 0 Å². The number of hydrogen-bond donors (Lipinski definition) is 1. The molecule has 0 saturated heterocycles. The smallest absolute Gasteiger partial charge is 0.205 e. The largest absolute Gasteiger partial charge is 0.494 e. The van der Waals surface area contributed by atoms with Crippen molar-refractivity contribution < 1.29 is 9.47 Å². The standard InChI is InChI=1S/C22H21N5O2/c1-13-20(28-3)19(21(29-4)14(2)23-13)16-11-9-15(10-12-16)17-7-5-6-8-18(17)22-24-26-27-25-22/h5-12H,1-4H3,(H,24,25,26,27). The average Bonchev–Trinajstić information content (AvgIpc) is 3.28. The van der Waals surface area contributed by atoms with Gasteiger partial charge in [0, 0.05) is 5.56 Å². The molecule has 0 radical (unpaired) electrons.